The minimum absolute atomic E-state index is 0.0396. The van der Waals surface area contributed by atoms with Crippen LogP contribution in [0.4, 0.5) is 0 Å². The zero-order valence-electron chi connectivity index (χ0n) is 14.3. The number of hydrogen-bond acceptors (Lipinski definition) is 4. The molecule has 132 valence electrons. The Morgan fingerprint density at radius 1 is 1.04 bits per heavy atom. The summed E-state index contributed by atoms with van der Waals surface area (Å²) in [5.41, 5.74) is 0. The quantitative estimate of drug-likeness (QED) is 0.463. The van der Waals surface area contributed by atoms with E-state index in [9.17, 15) is 9.90 Å². The molecule has 0 radical (unpaired) electrons. The van der Waals surface area contributed by atoms with E-state index in [0.717, 1.165) is 43.8 Å². The Bertz CT molecular complexity index is 479. The van der Waals surface area contributed by atoms with Crippen molar-refractivity contribution in [2.45, 2.75) is 71.1 Å². The molecule has 0 atom stereocenters. The van der Waals surface area contributed by atoms with Crippen molar-refractivity contribution in [1.82, 2.24) is 4.98 Å². The summed E-state index contributed by atoms with van der Waals surface area (Å²) in [6.45, 7) is 3.88. The van der Waals surface area contributed by atoms with Crippen LogP contribution in [0.5, 0.6) is 5.88 Å². The van der Waals surface area contributed by atoms with Gasteiger partial charge in [0.05, 0.1) is 4.88 Å². The topological polar surface area (TPSA) is 62.3 Å². The number of aromatic amines is 1. The van der Waals surface area contributed by atoms with Crippen molar-refractivity contribution in [3.8, 4) is 5.88 Å². The van der Waals surface area contributed by atoms with Crippen molar-refractivity contribution in [2.75, 3.05) is 13.2 Å². The molecule has 23 heavy (non-hydrogen) atoms. The lowest BCUT2D eigenvalue weighted by Gasteiger charge is -2.03. The predicted octanol–water partition coefficient (Wildman–Crippen LogP) is 5.09. The van der Waals surface area contributed by atoms with Gasteiger partial charge < -0.3 is 9.84 Å². The number of hydrogen-bond donors (Lipinski definition) is 2. The molecule has 0 bridgehead atoms. The molecule has 1 aromatic heterocycles. The minimum Gasteiger partial charge on any atom is -0.493 e. The van der Waals surface area contributed by atoms with Crippen LogP contribution < -0.4 is 4.87 Å². The summed E-state index contributed by atoms with van der Waals surface area (Å²) in [5, 5.41) is 9.41. The smallest absolute Gasteiger partial charge is 0.307 e. The molecule has 0 aromatic carbocycles. The molecular formula is C18H31NO3S. The fourth-order valence-corrected chi connectivity index (χ4v) is 3.04. The van der Waals surface area contributed by atoms with Gasteiger partial charge in [0.1, 0.15) is 0 Å². The fraction of sp³-hybridized carbons (Fsp3) is 0.722. The zero-order chi connectivity index (χ0) is 16.8. The van der Waals surface area contributed by atoms with Gasteiger partial charge in [0, 0.05) is 13.2 Å². The van der Waals surface area contributed by atoms with Gasteiger partial charge in [0.25, 0.3) is 0 Å². The number of allylic oxidation sites excluding steroid dienone is 1. The SMILES string of the molecule is CCCCCCCCCCOCCC/C=C/c1sc(=O)[nH]c1O. The third-order valence-corrected chi connectivity index (χ3v) is 4.56. The van der Waals surface area contributed by atoms with Crippen LogP contribution in [0.25, 0.3) is 6.08 Å². The van der Waals surface area contributed by atoms with Gasteiger partial charge in [-0.3, -0.25) is 9.78 Å². The van der Waals surface area contributed by atoms with Crippen molar-refractivity contribution < 1.29 is 9.84 Å². The molecule has 1 heterocycles. The summed E-state index contributed by atoms with van der Waals surface area (Å²) < 4.78 is 5.62. The Kier molecular flexibility index (Phi) is 11.6. The third-order valence-electron chi connectivity index (χ3n) is 3.73. The van der Waals surface area contributed by atoms with Gasteiger partial charge in [-0.1, -0.05) is 69.3 Å². The number of ether oxygens (including phenoxy) is 1. The lowest BCUT2D eigenvalue weighted by molar-refractivity contribution is 0.128. The molecular weight excluding hydrogens is 310 g/mol. The van der Waals surface area contributed by atoms with Crippen molar-refractivity contribution in [3.63, 3.8) is 0 Å². The second kappa shape index (κ2) is 13.4. The summed E-state index contributed by atoms with van der Waals surface area (Å²) in [7, 11) is 0. The van der Waals surface area contributed by atoms with E-state index in [4.69, 9.17) is 4.74 Å². The van der Waals surface area contributed by atoms with Gasteiger partial charge in [-0.2, -0.15) is 0 Å². The van der Waals surface area contributed by atoms with Crippen LogP contribution in [-0.4, -0.2) is 23.3 Å². The van der Waals surface area contributed by atoms with E-state index in [2.05, 4.69) is 11.9 Å². The Morgan fingerprint density at radius 3 is 2.35 bits per heavy atom. The van der Waals surface area contributed by atoms with Gasteiger partial charge in [0.2, 0.25) is 5.88 Å². The van der Waals surface area contributed by atoms with Gasteiger partial charge in [-0.15, -0.1) is 0 Å². The third kappa shape index (κ3) is 10.3. The summed E-state index contributed by atoms with van der Waals surface area (Å²) >= 11 is 1.02. The van der Waals surface area contributed by atoms with E-state index in [0.29, 0.717) is 4.88 Å². The van der Waals surface area contributed by atoms with Crippen molar-refractivity contribution >= 4 is 17.4 Å². The van der Waals surface area contributed by atoms with Crippen molar-refractivity contribution in [1.29, 1.82) is 0 Å². The van der Waals surface area contributed by atoms with Crippen LogP contribution in [0.15, 0.2) is 10.9 Å². The first kappa shape index (κ1) is 20.0. The molecule has 0 amide bonds. The van der Waals surface area contributed by atoms with E-state index in [1.807, 2.05) is 6.08 Å². The second-order valence-corrected chi connectivity index (χ2v) is 6.87. The molecule has 0 fully saturated rings. The first-order valence-electron chi connectivity index (χ1n) is 8.90. The summed E-state index contributed by atoms with van der Waals surface area (Å²) in [4.78, 5) is 13.7. The minimum atomic E-state index is -0.226. The molecule has 0 saturated carbocycles. The standard InChI is InChI=1S/C18H31NO3S/c1-2-3-4-5-6-7-8-11-14-22-15-12-9-10-13-16-17(20)19-18(21)23-16/h10,13,20H,2-9,11-12,14-15H2,1H3,(H,19,21)/b13-10+. The molecule has 0 saturated heterocycles. The molecule has 5 heteroatoms. The molecule has 0 aliphatic heterocycles. The molecule has 0 aliphatic rings. The predicted molar refractivity (Wildman–Crippen MR) is 98.3 cm³/mol. The fourth-order valence-electron chi connectivity index (χ4n) is 2.38. The van der Waals surface area contributed by atoms with E-state index in [-0.39, 0.29) is 10.8 Å². The highest BCUT2D eigenvalue weighted by molar-refractivity contribution is 7.10. The van der Waals surface area contributed by atoms with Gasteiger partial charge in [0.15, 0.2) is 0 Å². The Hall–Kier alpha value is -1.07. The van der Waals surface area contributed by atoms with E-state index < -0.39 is 0 Å². The first-order chi connectivity index (χ1) is 11.2. The number of nitrogens with one attached hydrogen (secondary N) is 1. The molecule has 1 rings (SSSR count). The summed E-state index contributed by atoms with van der Waals surface area (Å²) in [6.07, 6.45) is 16.2. The number of H-pyrrole nitrogens is 1. The van der Waals surface area contributed by atoms with Crippen LogP contribution in [-0.2, 0) is 4.74 Å². The highest BCUT2D eigenvalue weighted by atomic mass is 32.1. The van der Waals surface area contributed by atoms with Crippen LogP contribution in [0.3, 0.4) is 0 Å². The number of aromatic hydroxyl groups is 1. The maximum absolute atomic E-state index is 11.0. The molecule has 4 nitrogen and oxygen atoms in total. The Labute approximate surface area is 143 Å². The molecule has 0 spiro atoms. The van der Waals surface area contributed by atoms with Crippen molar-refractivity contribution in [2.24, 2.45) is 0 Å². The van der Waals surface area contributed by atoms with Crippen LogP contribution in [0.2, 0.25) is 0 Å². The summed E-state index contributed by atoms with van der Waals surface area (Å²) in [5.74, 6) is -0.0396. The molecule has 1 aromatic rings. The zero-order valence-corrected chi connectivity index (χ0v) is 15.1. The van der Waals surface area contributed by atoms with Crippen LogP contribution in [0, 0.1) is 0 Å². The second-order valence-electron chi connectivity index (χ2n) is 5.86. The average molecular weight is 342 g/mol. The highest BCUT2D eigenvalue weighted by Crippen LogP contribution is 2.17. The monoisotopic (exact) mass is 341 g/mol. The first-order valence-corrected chi connectivity index (χ1v) is 9.72. The van der Waals surface area contributed by atoms with Crippen molar-refractivity contribution in [3.05, 3.63) is 20.6 Å². The highest BCUT2D eigenvalue weighted by Gasteiger charge is 2.01. The number of rotatable bonds is 14. The molecule has 0 unspecified atom stereocenters. The average Bonchev–Trinajstić information content (AvgIpc) is 2.85. The van der Waals surface area contributed by atoms with Crippen LogP contribution >= 0.6 is 11.3 Å². The van der Waals surface area contributed by atoms with Gasteiger partial charge in [-0.25, -0.2) is 0 Å². The molecule has 2 N–H and O–H groups in total. The Balaban J connectivity index is 1.86. The normalized spacial score (nSPS) is 11.5. The number of thiazole rings is 1. The van der Waals surface area contributed by atoms with E-state index in [1.165, 1.54) is 44.9 Å². The maximum atomic E-state index is 11.0. The number of aromatic nitrogens is 1. The Morgan fingerprint density at radius 2 is 1.70 bits per heavy atom. The lowest BCUT2D eigenvalue weighted by atomic mass is 10.1. The van der Waals surface area contributed by atoms with Crippen LogP contribution in [0.1, 0.15) is 76.0 Å². The largest absolute Gasteiger partial charge is 0.493 e. The van der Waals surface area contributed by atoms with E-state index >= 15 is 0 Å². The number of unbranched alkanes of at least 4 members (excludes halogenated alkanes) is 8. The maximum Gasteiger partial charge on any atom is 0.307 e. The molecule has 0 aliphatic carbocycles. The van der Waals surface area contributed by atoms with Gasteiger partial charge in [-0.05, 0) is 25.3 Å². The summed E-state index contributed by atoms with van der Waals surface area (Å²) in [6, 6.07) is 0. The van der Waals surface area contributed by atoms with E-state index in [1.54, 1.807) is 6.08 Å². The lowest BCUT2D eigenvalue weighted by Crippen LogP contribution is -1.96. The van der Waals surface area contributed by atoms with Gasteiger partial charge >= 0.3 is 4.87 Å².